The van der Waals surface area contributed by atoms with Gasteiger partial charge in [0.05, 0.1) is 6.61 Å². The first kappa shape index (κ1) is 14.8. The summed E-state index contributed by atoms with van der Waals surface area (Å²) < 4.78 is 5.54. The van der Waals surface area contributed by atoms with Crippen LogP contribution in [0.1, 0.15) is 35.9 Å². The van der Waals surface area contributed by atoms with Crippen molar-refractivity contribution in [2.45, 2.75) is 26.7 Å². The van der Waals surface area contributed by atoms with E-state index in [2.05, 4.69) is 11.9 Å². The van der Waals surface area contributed by atoms with Gasteiger partial charge in [0.2, 0.25) is 0 Å². The van der Waals surface area contributed by atoms with Crippen LogP contribution >= 0.6 is 0 Å². The Labute approximate surface area is 118 Å². The monoisotopic (exact) mass is 278 g/mol. The minimum atomic E-state index is -0.133. The predicted molar refractivity (Wildman–Crippen MR) is 76.9 cm³/mol. The largest absolute Gasteiger partial charge is 0.381 e. The van der Waals surface area contributed by atoms with E-state index in [-0.39, 0.29) is 11.3 Å². The molecule has 1 aromatic heterocycles. The van der Waals surface area contributed by atoms with Crippen molar-refractivity contribution < 1.29 is 9.53 Å². The number of rotatable bonds is 5. The summed E-state index contributed by atoms with van der Waals surface area (Å²) in [5.41, 5.74) is 0.958. The zero-order valence-corrected chi connectivity index (χ0v) is 12.1. The van der Waals surface area contributed by atoms with Crippen molar-refractivity contribution in [3.05, 3.63) is 33.7 Å². The third kappa shape index (κ3) is 3.70. The van der Waals surface area contributed by atoms with Gasteiger partial charge in [-0.3, -0.25) is 9.59 Å². The zero-order valence-electron chi connectivity index (χ0n) is 12.1. The standard InChI is InChI=1S/C15H22N2O3/c1-3-6-20-10-12-4-5-17(9-12)15(19)14-8-13(18)7-11(2)16-14/h7-8,12H,3-6,9-10H2,1-2H3,(H,16,18)/t12-/m1/s1. The highest BCUT2D eigenvalue weighted by Gasteiger charge is 2.27. The van der Waals surface area contributed by atoms with Gasteiger partial charge in [-0.25, -0.2) is 0 Å². The highest BCUT2D eigenvalue weighted by atomic mass is 16.5. The number of hydrogen-bond donors (Lipinski definition) is 1. The molecule has 1 aromatic rings. The van der Waals surface area contributed by atoms with Gasteiger partial charge in [0.1, 0.15) is 5.69 Å². The number of nitrogens with zero attached hydrogens (tertiary/aromatic N) is 1. The molecule has 0 bridgehead atoms. The maximum atomic E-state index is 12.3. The Morgan fingerprint density at radius 1 is 1.50 bits per heavy atom. The number of ether oxygens (including phenoxy) is 1. The summed E-state index contributed by atoms with van der Waals surface area (Å²) in [7, 11) is 0. The Kier molecular flexibility index (Phi) is 4.95. The Balaban J connectivity index is 1.95. The van der Waals surface area contributed by atoms with Crippen molar-refractivity contribution in [2.75, 3.05) is 26.3 Å². The third-order valence-electron chi connectivity index (χ3n) is 3.48. The van der Waals surface area contributed by atoms with E-state index in [0.29, 0.717) is 30.5 Å². The fraction of sp³-hybridized carbons (Fsp3) is 0.600. The Bertz CT molecular complexity index is 524. The predicted octanol–water partition coefficient (Wildman–Crippen LogP) is 1.57. The van der Waals surface area contributed by atoms with E-state index in [1.165, 1.54) is 12.1 Å². The van der Waals surface area contributed by atoms with Crippen molar-refractivity contribution >= 4 is 5.91 Å². The summed E-state index contributed by atoms with van der Waals surface area (Å²) in [6.45, 7) is 6.78. The Morgan fingerprint density at radius 3 is 3.00 bits per heavy atom. The number of amides is 1. The average molecular weight is 278 g/mol. The minimum Gasteiger partial charge on any atom is -0.381 e. The van der Waals surface area contributed by atoms with Crippen LogP contribution in [0.2, 0.25) is 0 Å². The molecule has 5 heteroatoms. The second kappa shape index (κ2) is 6.70. The van der Waals surface area contributed by atoms with Gasteiger partial charge < -0.3 is 14.6 Å². The first-order chi connectivity index (χ1) is 9.60. The van der Waals surface area contributed by atoms with Gasteiger partial charge in [0, 0.05) is 43.4 Å². The molecule has 110 valence electrons. The normalized spacial score (nSPS) is 18.5. The van der Waals surface area contributed by atoms with Crippen molar-refractivity contribution in [1.82, 2.24) is 9.88 Å². The number of hydrogen-bond acceptors (Lipinski definition) is 3. The quantitative estimate of drug-likeness (QED) is 0.832. The van der Waals surface area contributed by atoms with Gasteiger partial charge in [-0.05, 0) is 19.8 Å². The third-order valence-corrected chi connectivity index (χ3v) is 3.48. The highest BCUT2D eigenvalue weighted by molar-refractivity contribution is 5.92. The summed E-state index contributed by atoms with van der Waals surface area (Å²) in [4.78, 5) is 28.6. The number of pyridine rings is 1. The van der Waals surface area contributed by atoms with Gasteiger partial charge >= 0.3 is 0 Å². The molecule has 20 heavy (non-hydrogen) atoms. The number of carbonyl (C=O) groups excluding carboxylic acids is 1. The van der Waals surface area contributed by atoms with Gasteiger partial charge in [-0.15, -0.1) is 0 Å². The first-order valence-corrected chi connectivity index (χ1v) is 7.18. The van der Waals surface area contributed by atoms with Gasteiger partial charge in [0.25, 0.3) is 5.91 Å². The highest BCUT2D eigenvalue weighted by Crippen LogP contribution is 2.18. The molecule has 1 aliphatic heterocycles. The van der Waals surface area contributed by atoms with Crippen LogP contribution in [0.15, 0.2) is 16.9 Å². The smallest absolute Gasteiger partial charge is 0.270 e. The van der Waals surface area contributed by atoms with Gasteiger partial charge in [-0.1, -0.05) is 6.92 Å². The number of aromatic amines is 1. The maximum absolute atomic E-state index is 12.3. The van der Waals surface area contributed by atoms with Crippen molar-refractivity contribution in [2.24, 2.45) is 5.92 Å². The molecule has 1 aliphatic rings. The van der Waals surface area contributed by atoms with Crippen molar-refractivity contribution in [3.8, 4) is 0 Å². The Hall–Kier alpha value is -1.62. The Morgan fingerprint density at radius 2 is 2.30 bits per heavy atom. The number of carbonyl (C=O) groups is 1. The molecule has 1 atom stereocenters. The summed E-state index contributed by atoms with van der Waals surface area (Å²) in [5.74, 6) is 0.311. The molecule has 1 saturated heterocycles. The van der Waals surface area contributed by atoms with Crippen LogP contribution in [-0.4, -0.2) is 42.1 Å². The van der Waals surface area contributed by atoms with Crippen LogP contribution in [0.4, 0.5) is 0 Å². The summed E-state index contributed by atoms with van der Waals surface area (Å²) in [6, 6.07) is 2.86. The van der Waals surface area contributed by atoms with Gasteiger partial charge in [0.15, 0.2) is 5.43 Å². The second-order valence-corrected chi connectivity index (χ2v) is 5.39. The zero-order chi connectivity index (χ0) is 14.5. The van der Waals surface area contributed by atoms with E-state index in [1.54, 1.807) is 11.8 Å². The van der Waals surface area contributed by atoms with E-state index in [0.717, 1.165) is 26.0 Å². The molecule has 5 nitrogen and oxygen atoms in total. The number of aromatic nitrogens is 1. The van der Waals surface area contributed by atoms with Crippen LogP contribution in [-0.2, 0) is 4.74 Å². The second-order valence-electron chi connectivity index (χ2n) is 5.39. The first-order valence-electron chi connectivity index (χ1n) is 7.18. The summed E-state index contributed by atoms with van der Waals surface area (Å²) in [6.07, 6.45) is 1.98. The molecule has 0 radical (unpaired) electrons. The molecule has 1 N–H and O–H groups in total. The van der Waals surface area contributed by atoms with Gasteiger partial charge in [-0.2, -0.15) is 0 Å². The van der Waals surface area contributed by atoms with E-state index in [4.69, 9.17) is 4.74 Å². The topological polar surface area (TPSA) is 62.4 Å². The molecule has 0 saturated carbocycles. The fourth-order valence-electron chi connectivity index (χ4n) is 2.51. The molecular formula is C15H22N2O3. The van der Waals surface area contributed by atoms with Crippen LogP contribution in [0, 0.1) is 12.8 Å². The van der Waals surface area contributed by atoms with E-state index in [1.807, 2.05) is 0 Å². The van der Waals surface area contributed by atoms with Crippen LogP contribution in [0.5, 0.6) is 0 Å². The molecule has 0 aliphatic carbocycles. The molecule has 0 spiro atoms. The van der Waals surface area contributed by atoms with Crippen LogP contribution < -0.4 is 5.43 Å². The maximum Gasteiger partial charge on any atom is 0.270 e. The van der Waals surface area contributed by atoms with Crippen LogP contribution in [0.25, 0.3) is 0 Å². The molecule has 0 aromatic carbocycles. The lowest BCUT2D eigenvalue weighted by molar-refractivity contribution is 0.0749. The van der Waals surface area contributed by atoms with Crippen LogP contribution in [0.3, 0.4) is 0 Å². The number of likely N-dealkylation sites (tertiary alicyclic amines) is 1. The number of H-pyrrole nitrogens is 1. The lowest BCUT2D eigenvalue weighted by Gasteiger charge is -2.16. The molecule has 0 unspecified atom stereocenters. The molecule has 1 fully saturated rings. The van der Waals surface area contributed by atoms with E-state index < -0.39 is 0 Å². The molecule has 1 amide bonds. The lowest BCUT2D eigenvalue weighted by atomic mass is 10.1. The molecular weight excluding hydrogens is 256 g/mol. The average Bonchev–Trinajstić information content (AvgIpc) is 2.86. The van der Waals surface area contributed by atoms with Crippen molar-refractivity contribution in [1.29, 1.82) is 0 Å². The molecule has 2 heterocycles. The summed E-state index contributed by atoms with van der Waals surface area (Å²) in [5, 5.41) is 0. The number of aryl methyl sites for hydroxylation is 1. The van der Waals surface area contributed by atoms with E-state index in [9.17, 15) is 9.59 Å². The molecule has 2 rings (SSSR count). The summed E-state index contributed by atoms with van der Waals surface area (Å²) >= 11 is 0. The van der Waals surface area contributed by atoms with E-state index >= 15 is 0 Å². The lowest BCUT2D eigenvalue weighted by Crippen LogP contribution is -2.31. The fourth-order valence-corrected chi connectivity index (χ4v) is 2.51. The minimum absolute atomic E-state index is 0.0937. The number of nitrogens with one attached hydrogen (secondary N) is 1. The SMILES string of the molecule is CCCOC[C@@H]1CCN(C(=O)c2cc(=O)cc(C)[nH]2)C1. The van der Waals surface area contributed by atoms with Crippen molar-refractivity contribution in [3.63, 3.8) is 0 Å².